The molecule has 0 spiro atoms. The van der Waals surface area contributed by atoms with Crippen molar-refractivity contribution in [2.45, 2.75) is 33.2 Å². The SMILES string of the molecule is Cc1nc(CC(=O)N2CCc3cccc(C(=O)O)c3C2)c(C)s1. The van der Waals surface area contributed by atoms with Crippen molar-refractivity contribution in [1.82, 2.24) is 9.88 Å². The summed E-state index contributed by atoms with van der Waals surface area (Å²) in [5, 5.41) is 10.3. The van der Waals surface area contributed by atoms with Crippen molar-refractivity contribution in [1.29, 1.82) is 0 Å². The van der Waals surface area contributed by atoms with Gasteiger partial charge in [-0.2, -0.15) is 0 Å². The number of aromatic carboxylic acids is 1. The molecule has 0 atom stereocenters. The van der Waals surface area contributed by atoms with Gasteiger partial charge in [0.2, 0.25) is 5.91 Å². The number of hydrogen-bond donors (Lipinski definition) is 1. The number of carboxylic acid groups (broad SMARTS) is 1. The second-order valence-electron chi connectivity index (χ2n) is 5.73. The van der Waals surface area contributed by atoms with Gasteiger partial charge < -0.3 is 10.0 Å². The number of thiazole rings is 1. The van der Waals surface area contributed by atoms with Crippen LogP contribution in [0.25, 0.3) is 0 Å². The van der Waals surface area contributed by atoms with Gasteiger partial charge in [-0.3, -0.25) is 4.79 Å². The lowest BCUT2D eigenvalue weighted by atomic mass is 9.94. The van der Waals surface area contributed by atoms with Crippen molar-refractivity contribution in [2.24, 2.45) is 0 Å². The van der Waals surface area contributed by atoms with E-state index in [0.29, 0.717) is 25.1 Å². The fraction of sp³-hybridized carbons (Fsp3) is 0.353. The van der Waals surface area contributed by atoms with E-state index >= 15 is 0 Å². The Bertz CT molecular complexity index is 782. The summed E-state index contributed by atoms with van der Waals surface area (Å²) in [4.78, 5) is 31.2. The standard InChI is InChI=1S/C17H18N2O3S/c1-10-15(18-11(2)23-10)8-16(20)19-7-6-12-4-3-5-13(17(21)22)14(12)9-19/h3-5H,6-9H2,1-2H3,(H,21,22). The number of fused-ring (bicyclic) bond motifs is 1. The van der Waals surface area contributed by atoms with E-state index in [0.717, 1.165) is 26.7 Å². The van der Waals surface area contributed by atoms with E-state index < -0.39 is 5.97 Å². The average molecular weight is 330 g/mol. The van der Waals surface area contributed by atoms with Gasteiger partial charge in [0, 0.05) is 18.0 Å². The van der Waals surface area contributed by atoms with Gasteiger partial charge in [0.1, 0.15) is 0 Å². The van der Waals surface area contributed by atoms with Crippen LogP contribution < -0.4 is 0 Å². The molecule has 2 heterocycles. The summed E-state index contributed by atoms with van der Waals surface area (Å²) < 4.78 is 0. The number of carboxylic acids is 1. The van der Waals surface area contributed by atoms with Crippen LogP contribution in [0.5, 0.6) is 0 Å². The Kier molecular flexibility index (Phi) is 4.17. The van der Waals surface area contributed by atoms with Gasteiger partial charge in [0.05, 0.1) is 22.7 Å². The van der Waals surface area contributed by atoms with E-state index in [1.807, 2.05) is 19.9 Å². The number of aromatic nitrogens is 1. The summed E-state index contributed by atoms with van der Waals surface area (Å²) in [6, 6.07) is 5.31. The van der Waals surface area contributed by atoms with Crippen LogP contribution in [-0.4, -0.2) is 33.4 Å². The molecule has 1 aliphatic rings. The first-order valence-electron chi connectivity index (χ1n) is 7.50. The van der Waals surface area contributed by atoms with Gasteiger partial charge in [-0.1, -0.05) is 12.1 Å². The van der Waals surface area contributed by atoms with E-state index in [-0.39, 0.29) is 12.3 Å². The number of nitrogens with zero attached hydrogens (tertiary/aromatic N) is 2. The number of rotatable bonds is 3. The number of carbonyl (C=O) groups is 2. The van der Waals surface area contributed by atoms with E-state index in [9.17, 15) is 14.7 Å². The number of benzene rings is 1. The zero-order chi connectivity index (χ0) is 16.6. The molecular weight excluding hydrogens is 312 g/mol. The molecule has 0 bridgehead atoms. The summed E-state index contributed by atoms with van der Waals surface area (Å²) in [7, 11) is 0. The lowest BCUT2D eigenvalue weighted by Gasteiger charge is -2.29. The Labute approximate surface area is 138 Å². The predicted molar refractivity (Wildman–Crippen MR) is 87.8 cm³/mol. The average Bonchev–Trinajstić information content (AvgIpc) is 2.83. The zero-order valence-electron chi connectivity index (χ0n) is 13.1. The molecule has 0 radical (unpaired) electrons. The highest BCUT2D eigenvalue weighted by molar-refractivity contribution is 7.11. The van der Waals surface area contributed by atoms with Crippen LogP contribution in [0.1, 0.15) is 37.1 Å². The van der Waals surface area contributed by atoms with Crippen LogP contribution in [0.2, 0.25) is 0 Å². The molecule has 120 valence electrons. The maximum atomic E-state index is 12.6. The van der Waals surface area contributed by atoms with Crippen molar-refractivity contribution in [3.63, 3.8) is 0 Å². The second kappa shape index (κ2) is 6.12. The van der Waals surface area contributed by atoms with Crippen molar-refractivity contribution >= 4 is 23.2 Å². The largest absolute Gasteiger partial charge is 0.478 e. The van der Waals surface area contributed by atoms with Gasteiger partial charge in [-0.05, 0) is 37.5 Å². The van der Waals surface area contributed by atoms with Crippen LogP contribution in [-0.2, 0) is 24.2 Å². The Hall–Kier alpha value is -2.21. The highest BCUT2D eigenvalue weighted by Crippen LogP contribution is 2.24. The van der Waals surface area contributed by atoms with E-state index in [1.165, 1.54) is 0 Å². The fourth-order valence-corrected chi connectivity index (χ4v) is 3.82. The molecule has 0 saturated carbocycles. The molecule has 6 heteroatoms. The highest BCUT2D eigenvalue weighted by atomic mass is 32.1. The van der Waals surface area contributed by atoms with Crippen molar-refractivity contribution < 1.29 is 14.7 Å². The summed E-state index contributed by atoms with van der Waals surface area (Å²) in [5.74, 6) is -0.939. The minimum Gasteiger partial charge on any atom is -0.478 e. The Morgan fingerprint density at radius 1 is 1.35 bits per heavy atom. The van der Waals surface area contributed by atoms with Gasteiger partial charge in [-0.25, -0.2) is 9.78 Å². The molecule has 1 aliphatic heterocycles. The van der Waals surface area contributed by atoms with Crippen molar-refractivity contribution in [2.75, 3.05) is 6.54 Å². The third-order valence-corrected chi connectivity index (χ3v) is 5.10. The molecule has 0 aliphatic carbocycles. The molecule has 1 aromatic heterocycles. The van der Waals surface area contributed by atoms with Crippen LogP contribution in [0.15, 0.2) is 18.2 Å². The molecular formula is C17H18N2O3S. The fourth-order valence-electron chi connectivity index (χ4n) is 2.99. The minimum atomic E-state index is -0.942. The van der Waals surface area contributed by atoms with E-state index in [2.05, 4.69) is 4.98 Å². The van der Waals surface area contributed by atoms with Gasteiger partial charge >= 0.3 is 5.97 Å². The minimum absolute atomic E-state index is 0.00393. The first kappa shape index (κ1) is 15.7. The predicted octanol–water partition coefficient (Wildman–Crippen LogP) is 2.59. The normalized spacial score (nSPS) is 13.7. The van der Waals surface area contributed by atoms with Gasteiger partial charge in [0.15, 0.2) is 0 Å². The molecule has 1 aromatic carbocycles. The number of hydrogen-bond acceptors (Lipinski definition) is 4. The summed E-state index contributed by atoms with van der Waals surface area (Å²) >= 11 is 1.59. The Morgan fingerprint density at radius 3 is 2.78 bits per heavy atom. The first-order chi connectivity index (χ1) is 11.0. The molecule has 3 rings (SSSR count). The molecule has 0 unspecified atom stereocenters. The maximum absolute atomic E-state index is 12.6. The summed E-state index contributed by atoms with van der Waals surface area (Å²) in [6.07, 6.45) is 0.970. The lowest BCUT2D eigenvalue weighted by molar-refractivity contribution is -0.131. The van der Waals surface area contributed by atoms with Crippen LogP contribution >= 0.6 is 11.3 Å². The van der Waals surface area contributed by atoms with Crippen LogP contribution in [0, 0.1) is 13.8 Å². The molecule has 1 amide bonds. The van der Waals surface area contributed by atoms with Crippen molar-refractivity contribution in [3.05, 3.63) is 50.5 Å². The van der Waals surface area contributed by atoms with E-state index in [4.69, 9.17) is 0 Å². The van der Waals surface area contributed by atoms with Gasteiger partial charge in [-0.15, -0.1) is 11.3 Å². The Morgan fingerprint density at radius 2 is 2.13 bits per heavy atom. The lowest BCUT2D eigenvalue weighted by Crippen LogP contribution is -2.37. The molecule has 1 N–H and O–H groups in total. The monoisotopic (exact) mass is 330 g/mol. The summed E-state index contributed by atoms with van der Waals surface area (Å²) in [6.45, 7) is 4.89. The first-order valence-corrected chi connectivity index (χ1v) is 8.32. The highest BCUT2D eigenvalue weighted by Gasteiger charge is 2.25. The molecule has 2 aromatic rings. The van der Waals surface area contributed by atoms with Crippen molar-refractivity contribution in [3.8, 4) is 0 Å². The number of carbonyl (C=O) groups excluding carboxylic acids is 1. The molecule has 23 heavy (non-hydrogen) atoms. The summed E-state index contributed by atoms with van der Waals surface area (Å²) in [5.41, 5.74) is 2.90. The number of amides is 1. The van der Waals surface area contributed by atoms with Crippen LogP contribution in [0.4, 0.5) is 0 Å². The molecule has 5 nitrogen and oxygen atoms in total. The third-order valence-electron chi connectivity index (χ3n) is 4.17. The smallest absolute Gasteiger partial charge is 0.336 e. The zero-order valence-corrected chi connectivity index (χ0v) is 13.9. The van der Waals surface area contributed by atoms with E-state index in [1.54, 1.807) is 28.4 Å². The molecule has 0 saturated heterocycles. The second-order valence-corrected chi connectivity index (χ2v) is 7.13. The topological polar surface area (TPSA) is 70.5 Å². The third kappa shape index (κ3) is 3.12. The maximum Gasteiger partial charge on any atom is 0.336 e. The van der Waals surface area contributed by atoms with Crippen LogP contribution in [0.3, 0.4) is 0 Å². The Balaban J connectivity index is 1.80. The van der Waals surface area contributed by atoms with Gasteiger partial charge in [0.25, 0.3) is 0 Å². The molecule has 0 fully saturated rings. The quantitative estimate of drug-likeness (QED) is 0.939. The number of aryl methyl sites for hydroxylation is 2.